The molecule has 3 aliphatic rings. The first-order valence-electron chi connectivity index (χ1n) is 8.60. The molecule has 120 valence electrons. The van der Waals surface area contributed by atoms with Crippen LogP contribution in [-0.4, -0.2) is 74.7 Å². The molecule has 5 heteroatoms. The van der Waals surface area contributed by atoms with E-state index in [9.17, 15) is 4.79 Å². The average Bonchev–Trinajstić information content (AvgIpc) is 3.17. The van der Waals surface area contributed by atoms with E-state index < -0.39 is 0 Å². The third kappa shape index (κ3) is 4.41. The van der Waals surface area contributed by atoms with Crippen LogP contribution in [0.15, 0.2) is 0 Å². The van der Waals surface area contributed by atoms with Crippen molar-refractivity contribution in [3.8, 4) is 0 Å². The van der Waals surface area contributed by atoms with E-state index in [2.05, 4.69) is 15.1 Å². The van der Waals surface area contributed by atoms with E-state index in [-0.39, 0.29) is 0 Å². The van der Waals surface area contributed by atoms with Gasteiger partial charge < -0.3 is 15.0 Å². The van der Waals surface area contributed by atoms with Crippen molar-refractivity contribution in [1.82, 2.24) is 15.1 Å². The normalized spacial score (nSPS) is 31.0. The summed E-state index contributed by atoms with van der Waals surface area (Å²) in [5, 5.41) is 3.38. The summed E-state index contributed by atoms with van der Waals surface area (Å²) in [4.78, 5) is 16.9. The summed E-state index contributed by atoms with van der Waals surface area (Å²) >= 11 is 0. The predicted octanol–water partition coefficient (Wildman–Crippen LogP) is 0.557. The molecule has 5 nitrogen and oxygen atoms in total. The Kier molecular flexibility index (Phi) is 5.49. The number of nitrogens with zero attached hydrogens (tertiary/aromatic N) is 2. The van der Waals surface area contributed by atoms with Gasteiger partial charge in [0.25, 0.3) is 0 Å². The second kappa shape index (κ2) is 7.56. The zero-order valence-corrected chi connectivity index (χ0v) is 13.1. The van der Waals surface area contributed by atoms with Gasteiger partial charge >= 0.3 is 0 Å². The summed E-state index contributed by atoms with van der Waals surface area (Å²) in [5.41, 5.74) is 0. The number of ether oxygens (including phenoxy) is 1. The topological polar surface area (TPSA) is 44.8 Å². The van der Waals surface area contributed by atoms with Gasteiger partial charge in [0.2, 0.25) is 5.91 Å². The Morgan fingerprint density at radius 3 is 2.76 bits per heavy atom. The molecule has 0 saturated carbocycles. The molecular weight excluding hydrogens is 266 g/mol. The van der Waals surface area contributed by atoms with Crippen molar-refractivity contribution in [2.45, 2.75) is 25.7 Å². The van der Waals surface area contributed by atoms with Gasteiger partial charge in [-0.3, -0.25) is 9.69 Å². The molecule has 3 heterocycles. The van der Waals surface area contributed by atoms with E-state index >= 15 is 0 Å². The summed E-state index contributed by atoms with van der Waals surface area (Å²) in [5.74, 6) is 1.77. The van der Waals surface area contributed by atoms with Crippen molar-refractivity contribution in [3.63, 3.8) is 0 Å². The molecule has 2 unspecified atom stereocenters. The average molecular weight is 295 g/mol. The Morgan fingerprint density at radius 2 is 2.00 bits per heavy atom. The summed E-state index contributed by atoms with van der Waals surface area (Å²) in [6, 6.07) is 0. The zero-order valence-electron chi connectivity index (χ0n) is 13.1. The van der Waals surface area contributed by atoms with Crippen LogP contribution in [0, 0.1) is 11.8 Å². The lowest BCUT2D eigenvalue weighted by Crippen LogP contribution is -2.40. The molecule has 0 spiro atoms. The number of hydrogen-bond donors (Lipinski definition) is 1. The Labute approximate surface area is 128 Å². The number of nitrogens with one attached hydrogen (secondary N) is 1. The van der Waals surface area contributed by atoms with Gasteiger partial charge in [-0.2, -0.15) is 0 Å². The summed E-state index contributed by atoms with van der Waals surface area (Å²) < 4.78 is 5.39. The smallest absolute Gasteiger partial charge is 0.222 e. The van der Waals surface area contributed by atoms with Gasteiger partial charge in [0.15, 0.2) is 0 Å². The third-order valence-corrected chi connectivity index (χ3v) is 5.19. The number of likely N-dealkylation sites (tertiary alicyclic amines) is 1. The Morgan fingerprint density at radius 1 is 1.14 bits per heavy atom. The molecule has 3 fully saturated rings. The largest absolute Gasteiger partial charge is 0.379 e. The fourth-order valence-corrected chi connectivity index (χ4v) is 3.80. The minimum atomic E-state index is 0.381. The van der Waals surface area contributed by atoms with Gasteiger partial charge in [-0.25, -0.2) is 0 Å². The first-order chi connectivity index (χ1) is 10.3. The minimum absolute atomic E-state index is 0.381. The lowest BCUT2D eigenvalue weighted by Gasteiger charge is -2.29. The second-order valence-electron chi connectivity index (χ2n) is 6.80. The fraction of sp³-hybridized carbons (Fsp3) is 0.938. The number of hydrogen-bond acceptors (Lipinski definition) is 4. The molecular formula is C16H29N3O2. The van der Waals surface area contributed by atoms with Crippen LogP contribution in [0.3, 0.4) is 0 Å². The second-order valence-corrected chi connectivity index (χ2v) is 6.80. The van der Waals surface area contributed by atoms with Gasteiger partial charge in [0.05, 0.1) is 13.2 Å². The third-order valence-electron chi connectivity index (χ3n) is 5.19. The lowest BCUT2D eigenvalue weighted by molar-refractivity contribution is -0.130. The lowest BCUT2D eigenvalue weighted by atomic mass is 10.0. The molecule has 2 atom stereocenters. The van der Waals surface area contributed by atoms with Gasteiger partial charge in [0, 0.05) is 39.1 Å². The van der Waals surface area contributed by atoms with E-state index in [0.29, 0.717) is 11.8 Å². The molecule has 1 N–H and O–H groups in total. The first-order valence-corrected chi connectivity index (χ1v) is 8.60. The van der Waals surface area contributed by atoms with Crippen LogP contribution >= 0.6 is 0 Å². The van der Waals surface area contributed by atoms with Crippen molar-refractivity contribution in [1.29, 1.82) is 0 Å². The van der Waals surface area contributed by atoms with Crippen molar-refractivity contribution >= 4 is 5.91 Å². The number of carbonyl (C=O) groups is 1. The van der Waals surface area contributed by atoms with Gasteiger partial charge in [-0.15, -0.1) is 0 Å². The molecule has 0 bridgehead atoms. The van der Waals surface area contributed by atoms with E-state index in [1.807, 2.05) is 0 Å². The summed E-state index contributed by atoms with van der Waals surface area (Å²) in [7, 11) is 0. The molecule has 0 aromatic heterocycles. The van der Waals surface area contributed by atoms with Crippen LogP contribution in [0.1, 0.15) is 25.7 Å². The van der Waals surface area contributed by atoms with Crippen LogP contribution in [0.5, 0.6) is 0 Å². The first kappa shape index (κ1) is 15.3. The molecule has 21 heavy (non-hydrogen) atoms. The summed E-state index contributed by atoms with van der Waals surface area (Å²) in [6.07, 6.45) is 4.23. The minimum Gasteiger partial charge on any atom is -0.379 e. The van der Waals surface area contributed by atoms with Crippen molar-refractivity contribution in [3.05, 3.63) is 0 Å². The molecule has 0 radical (unpaired) electrons. The van der Waals surface area contributed by atoms with E-state index in [1.165, 1.54) is 12.8 Å². The van der Waals surface area contributed by atoms with Gasteiger partial charge in [-0.1, -0.05) is 0 Å². The van der Waals surface area contributed by atoms with E-state index in [4.69, 9.17) is 4.74 Å². The molecule has 0 aromatic carbocycles. The van der Waals surface area contributed by atoms with Crippen LogP contribution in [0.4, 0.5) is 0 Å². The quantitative estimate of drug-likeness (QED) is 0.805. The number of carbonyl (C=O) groups excluding carboxylic acids is 1. The number of rotatable bonds is 5. The Bertz CT molecular complexity index is 338. The molecule has 3 aliphatic heterocycles. The van der Waals surface area contributed by atoms with Crippen LogP contribution in [-0.2, 0) is 9.53 Å². The number of morpholine rings is 1. The van der Waals surface area contributed by atoms with E-state index in [0.717, 1.165) is 77.8 Å². The highest BCUT2D eigenvalue weighted by atomic mass is 16.5. The molecule has 3 rings (SSSR count). The van der Waals surface area contributed by atoms with E-state index in [1.54, 1.807) is 0 Å². The van der Waals surface area contributed by atoms with Crippen molar-refractivity contribution < 1.29 is 9.53 Å². The van der Waals surface area contributed by atoms with Gasteiger partial charge in [-0.05, 0) is 44.2 Å². The highest BCUT2D eigenvalue weighted by molar-refractivity contribution is 5.76. The number of amides is 1. The Balaban J connectivity index is 1.35. The highest BCUT2D eigenvalue weighted by Crippen LogP contribution is 2.21. The Hall–Kier alpha value is -0.650. The van der Waals surface area contributed by atoms with Crippen molar-refractivity contribution in [2.75, 3.05) is 59.0 Å². The standard InChI is InChI=1S/C16H29N3O2/c20-16(2-1-14-3-5-17-11-14)19-6-4-15(13-19)12-18-7-9-21-10-8-18/h14-15,17H,1-13H2. The van der Waals surface area contributed by atoms with Crippen LogP contribution in [0.25, 0.3) is 0 Å². The van der Waals surface area contributed by atoms with Gasteiger partial charge in [0.1, 0.15) is 0 Å². The molecule has 1 amide bonds. The molecule has 0 aliphatic carbocycles. The van der Waals surface area contributed by atoms with Crippen LogP contribution < -0.4 is 5.32 Å². The maximum atomic E-state index is 12.3. The molecule has 0 aromatic rings. The van der Waals surface area contributed by atoms with Crippen LogP contribution in [0.2, 0.25) is 0 Å². The highest BCUT2D eigenvalue weighted by Gasteiger charge is 2.28. The SMILES string of the molecule is O=C(CCC1CCNC1)N1CCC(CN2CCOCC2)C1. The van der Waals surface area contributed by atoms with Crippen molar-refractivity contribution in [2.24, 2.45) is 11.8 Å². The fourth-order valence-electron chi connectivity index (χ4n) is 3.80. The predicted molar refractivity (Wildman–Crippen MR) is 82.2 cm³/mol. The maximum absolute atomic E-state index is 12.3. The molecule has 3 saturated heterocycles. The monoisotopic (exact) mass is 295 g/mol. The maximum Gasteiger partial charge on any atom is 0.222 e. The zero-order chi connectivity index (χ0) is 14.5. The summed E-state index contributed by atoms with van der Waals surface area (Å²) in [6.45, 7) is 9.15.